The van der Waals surface area contributed by atoms with Crippen molar-refractivity contribution in [2.75, 3.05) is 31.6 Å². The summed E-state index contributed by atoms with van der Waals surface area (Å²) in [5.74, 6) is -1.01. The zero-order valence-corrected chi connectivity index (χ0v) is 22.9. The van der Waals surface area contributed by atoms with Crippen LogP contribution in [0.15, 0.2) is 36.5 Å². The molecule has 12 heteroatoms. The molecule has 1 aliphatic heterocycles. The highest BCUT2D eigenvalue weighted by Gasteiger charge is 2.52. The fraction of sp³-hybridized carbons (Fsp3) is 0.462. The minimum atomic E-state index is -0.779. The van der Waals surface area contributed by atoms with E-state index in [-0.39, 0.29) is 53.9 Å². The van der Waals surface area contributed by atoms with Crippen molar-refractivity contribution in [2.24, 2.45) is 5.41 Å². The number of likely N-dealkylation sites (tertiary alicyclic amines) is 1. The maximum atomic E-state index is 12.4. The number of halogens is 2. The lowest BCUT2D eigenvalue weighted by molar-refractivity contribution is -0.139. The number of ether oxygens (including phenoxy) is 1. The molecule has 1 aliphatic carbocycles. The van der Waals surface area contributed by atoms with Crippen molar-refractivity contribution in [1.82, 2.24) is 20.5 Å². The highest BCUT2D eigenvalue weighted by molar-refractivity contribution is 6.35. The number of benzene rings is 1. The number of carbonyl (C=O) groups is 3. The van der Waals surface area contributed by atoms with Crippen molar-refractivity contribution in [3.63, 3.8) is 0 Å². The van der Waals surface area contributed by atoms with Crippen LogP contribution in [0.4, 0.5) is 10.5 Å². The predicted molar refractivity (Wildman–Crippen MR) is 146 cm³/mol. The molecular formula is C26H33Cl2N5O5. The van der Waals surface area contributed by atoms with Crippen LogP contribution in [0, 0.1) is 5.41 Å². The first-order chi connectivity index (χ1) is 18.2. The topological polar surface area (TPSA) is 133 Å². The van der Waals surface area contributed by atoms with E-state index in [1.54, 1.807) is 18.2 Å². The van der Waals surface area contributed by atoms with Crippen molar-refractivity contribution in [1.29, 1.82) is 0 Å². The first-order valence-corrected chi connectivity index (χ1v) is 13.3. The van der Waals surface area contributed by atoms with Gasteiger partial charge in [0.15, 0.2) is 6.61 Å². The summed E-state index contributed by atoms with van der Waals surface area (Å²) in [5.41, 5.74) is 1.64. The van der Waals surface area contributed by atoms with Gasteiger partial charge in [0.1, 0.15) is 5.02 Å². The van der Waals surface area contributed by atoms with E-state index in [9.17, 15) is 14.4 Å². The van der Waals surface area contributed by atoms with Crippen molar-refractivity contribution >= 4 is 46.8 Å². The van der Waals surface area contributed by atoms with Crippen LogP contribution >= 0.6 is 23.2 Å². The number of carboxylic acids is 1. The largest absolute Gasteiger partial charge is 0.481 e. The number of hydrogen-bond acceptors (Lipinski definition) is 6. The summed E-state index contributed by atoms with van der Waals surface area (Å²) in [6.45, 7) is 6.36. The molecule has 1 aromatic carbocycles. The van der Waals surface area contributed by atoms with Crippen molar-refractivity contribution < 1.29 is 24.2 Å². The number of nitrogens with zero attached hydrogens (tertiary/aromatic N) is 2. The molecule has 1 saturated carbocycles. The molecule has 206 valence electrons. The second kappa shape index (κ2) is 13.6. The molecule has 2 aromatic rings. The van der Waals surface area contributed by atoms with E-state index in [4.69, 9.17) is 33.0 Å². The third-order valence-corrected chi connectivity index (χ3v) is 6.72. The molecule has 4 N–H and O–H groups in total. The van der Waals surface area contributed by atoms with Gasteiger partial charge in [-0.15, -0.1) is 0 Å². The van der Waals surface area contributed by atoms with Crippen LogP contribution in [0.1, 0.15) is 38.7 Å². The fourth-order valence-corrected chi connectivity index (χ4v) is 5.10. The summed E-state index contributed by atoms with van der Waals surface area (Å²) in [7, 11) is 0. The summed E-state index contributed by atoms with van der Waals surface area (Å²) in [5, 5.41) is 17.9. The summed E-state index contributed by atoms with van der Waals surface area (Å²) in [6, 6.07) is 8.50. The maximum Gasteiger partial charge on any atom is 0.319 e. The molecule has 2 aliphatic rings. The molecular weight excluding hydrogens is 533 g/mol. The van der Waals surface area contributed by atoms with Gasteiger partial charge >= 0.3 is 12.0 Å². The van der Waals surface area contributed by atoms with Gasteiger partial charge < -0.3 is 30.7 Å². The van der Waals surface area contributed by atoms with Crippen LogP contribution in [-0.2, 0) is 16.1 Å². The van der Waals surface area contributed by atoms with E-state index in [0.29, 0.717) is 17.3 Å². The predicted octanol–water partition coefficient (Wildman–Crippen LogP) is 4.17. The molecule has 38 heavy (non-hydrogen) atoms. The van der Waals surface area contributed by atoms with Crippen LogP contribution in [0.25, 0.3) is 0 Å². The zero-order chi connectivity index (χ0) is 27.7. The molecule has 0 atom stereocenters. The van der Waals surface area contributed by atoms with Gasteiger partial charge in [-0.25, -0.2) is 9.78 Å². The van der Waals surface area contributed by atoms with Crippen LogP contribution in [0.2, 0.25) is 10.0 Å². The Labute approximate surface area is 232 Å². The number of amides is 3. The van der Waals surface area contributed by atoms with Crippen molar-refractivity contribution in [2.45, 2.75) is 45.7 Å². The number of aliphatic carboxylic acids is 1. The third-order valence-electron chi connectivity index (χ3n) is 6.24. The number of aromatic nitrogens is 1. The van der Waals surface area contributed by atoms with Gasteiger partial charge in [0.05, 0.1) is 11.4 Å². The Kier molecular flexibility index (Phi) is 10.6. The van der Waals surface area contributed by atoms with Gasteiger partial charge in [-0.1, -0.05) is 49.2 Å². The first kappa shape index (κ1) is 29.5. The van der Waals surface area contributed by atoms with Gasteiger partial charge in [-0.3, -0.25) is 9.59 Å². The number of anilines is 1. The van der Waals surface area contributed by atoms with E-state index in [1.807, 2.05) is 19.9 Å². The van der Waals surface area contributed by atoms with E-state index in [1.165, 1.54) is 12.3 Å². The zero-order valence-electron chi connectivity index (χ0n) is 21.4. The number of rotatable bonds is 10. The van der Waals surface area contributed by atoms with Gasteiger partial charge in [0.25, 0.3) is 5.91 Å². The smallest absolute Gasteiger partial charge is 0.319 e. The molecule has 1 spiro atoms. The Bertz CT molecular complexity index is 1130. The minimum Gasteiger partial charge on any atom is -0.481 e. The van der Waals surface area contributed by atoms with Gasteiger partial charge in [-0.2, -0.15) is 0 Å². The van der Waals surface area contributed by atoms with Crippen molar-refractivity contribution in [3.05, 3.63) is 52.1 Å². The SMILES string of the molecule is CC.O=C(O)CCN1CC2(CC(NC(=O)Nc3cccc(CNC(=O)COc4ncc(Cl)cc4Cl)c3)C2)C1. The number of urea groups is 1. The average molecular weight is 566 g/mol. The number of hydrogen-bond donors (Lipinski definition) is 4. The van der Waals surface area contributed by atoms with Crippen LogP contribution in [-0.4, -0.2) is 65.2 Å². The second-order valence-electron chi connectivity index (χ2n) is 9.26. The van der Waals surface area contributed by atoms with E-state index in [0.717, 1.165) is 31.5 Å². The third kappa shape index (κ3) is 8.47. The normalized spacial score (nSPS) is 15.8. The molecule has 2 heterocycles. The molecule has 0 bridgehead atoms. The number of pyridine rings is 1. The average Bonchev–Trinajstić information content (AvgIpc) is 2.83. The molecule has 1 aromatic heterocycles. The molecule has 0 unspecified atom stereocenters. The number of carboxylic acid groups (broad SMARTS) is 1. The van der Waals surface area contributed by atoms with Gasteiger partial charge in [0, 0.05) is 44.1 Å². The standard InChI is InChI=1S/C24H27Cl2N5O5.C2H6/c25-16-7-19(26)22(28-11-16)36-12-20(32)27-10-15-2-1-3-17(6-15)29-23(35)30-18-8-24(9-18)13-31(14-24)5-4-21(33)34;1-2/h1-3,6-7,11,18H,4-5,8-10,12-14H2,(H,27,32)(H,33,34)(H2,29,30,35);1-2H3. The van der Waals surface area contributed by atoms with Crippen LogP contribution in [0.5, 0.6) is 5.88 Å². The van der Waals surface area contributed by atoms with E-state index < -0.39 is 5.97 Å². The summed E-state index contributed by atoms with van der Waals surface area (Å²) in [6.07, 6.45) is 3.33. The highest BCUT2D eigenvalue weighted by atomic mass is 35.5. The molecule has 1 saturated heterocycles. The molecule has 0 radical (unpaired) electrons. The van der Waals surface area contributed by atoms with Crippen molar-refractivity contribution in [3.8, 4) is 5.88 Å². The van der Waals surface area contributed by atoms with Gasteiger partial charge in [0.2, 0.25) is 5.88 Å². The Morgan fingerprint density at radius 2 is 1.92 bits per heavy atom. The molecule has 4 rings (SSSR count). The molecule has 10 nitrogen and oxygen atoms in total. The lowest BCUT2D eigenvalue weighted by Crippen LogP contribution is -2.66. The lowest BCUT2D eigenvalue weighted by Gasteiger charge is -2.59. The first-order valence-electron chi connectivity index (χ1n) is 12.5. The Balaban J connectivity index is 0.00000195. The lowest BCUT2D eigenvalue weighted by atomic mass is 9.60. The molecule has 2 fully saturated rings. The number of carbonyl (C=O) groups excluding carboxylic acids is 2. The van der Waals surface area contributed by atoms with Crippen LogP contribution < -0.4 is 20.7 Å². The fourth-order valence-electron chi connectivity index (χ4n) is 4.67. The Hall–Kier alpha value is -3.08. The summed E-state index contributed by atoms with van der Waals surface area (Å²) >= 11 is 11.8. The molecule has 3 amide bonds. The van der Waals surface area contributed by atoms with E-state index in [2.05, 4.69) is 25.8 Å². The monoisotopic (exact) mass is 565 g/mol. The second-order valence-corrected chi connectivity index (χ2v) is 10.1. The quantitative estimate of drug-likeness (QED) is 0.339. The highest BCUT2D eigenvalue weighted by Crippen LogP contribution is 2.48. The summed E-state index contributed by atoms with van der Waals surface area (Å²) in [4.78, 5) is 41.3. The minimum absolute atomic E-state index is 0.109. The Morgan fingerprint density at radius 3 is 2.61 bits per heavy atom. The van der Waals surface area contributed by atoms with Gasteiger partial charge in [-0.05, 0) is 42.0 Å². The maximum absolute atomic E-state index is 12.4. The Morgan fingerprint density at radius 1 is 1.18 bits per heavy atom. The van der Waals surface area contributed by atoms with E-state index >= 15 is 0 Å². The van der Waals surface area contributed by atoms with Crippen LogP contribution in [0.3, 0.4) is 0 Å². The summed E-state index contributed by atoms with van der Waals surface area (Å²) < 4.78 is 5.32. The number of nitrogens with one attached hydrogen (secondary N) is 3.